The lowest BCUT2D eigenvalue weighted by atomic mass is 10.1. The van der Waals surface area contributed by atoms with E-state index in [1.54, 1.807) is 12.5 Å². The maximum Gasteiger partial charge on any atom is 0.246 e. The summed E-state index contributed by atoms with van der Waals surface area (Å²) in [6, 6.07) is 0. The van der Waals surface area contributed by atoms with Crippen LogP contribution >= 0.6 is 0 Å². The zero-order valence-corrected chi connectivity index (χ0v) is 8.93. The summed E-state index contributed by atoms with van der Waals surface area (Å²) in [5.74, 6) is 0.919. The maximum atomic E-state index is 5.84. The molecule has 0 amide bonds. The van der Waals surface area contributed by atoms with Gasteiger partial charge in [0.15, 0.2) is 0 Å². The van der Waals surface area contributed by atoms with Gasteiger partial charge in [-0.15, -0.1) is 0 Å². The van der Waals surface area contributed by atoms with Crippen molar-refractivity contribution in [3.05, 3.63) is 18.4 Å². The van der Waals surface area contributed by atoms with Crippen molar-refractivity contribution in [2.75, 3.05) is 0 Å². The number of nitrogens with two attached hydrogens (primary N) is 1. The highest BCUT2D eigenvalue weighted by molar-refractivity contribution is 5.47. The van der Waals surface area contributed by atoms with E-state index in [2.05, 4.69) is 15.1 Å². The van der Waals surface area contributed by atoms with Crippen LogP contribution in [-0.2, 0) is 12.6 Å². The lowest BCUT2D eigenvalue weighted by Gasteiger charge is -2.10. The molecule has 2 heterocycles. The summed E-state index contributed by atoms with van der Waals surface area (Å²) in [7, 11) is 1.87. The van der Waals surface area contributed by atoms with Crippen LogP contribution < -0.4 is 5.73 Å². The van der Waals surface area contributed by atoms with Gasteiger partial charge in [-0.05, 0) is 13.8 Å². The third kappa shape index (κ3) is 1.75. The number of aryl methyl sites for hydroxylation is 1. The highest BCUT2D eigenvalue weighted by Gasteiger charge is 2.23. The topological polar surface area (TPSA) is 82.8 Å². The zero-order chi connectivity index (χ0) is 11.1. The van der Waals surface area contributed by atoms with Crippen LogP contribution in [0.3, 0.4) is 0 Å². The van der Waals surface area contributed by atoms with Crippen molar-refractivity contribution in [1.82, 2.24) is 19.7 Å². The molecule has 0 radical (unpaired) electrons. The van der Waals surface area contributed by atoms with E-state index in [9.17, 15) is 0 Å². The van der Waals surface area contributed by atoms with E-state index in [1.807, 2.05) is 25.5 Å². The molecular formula is C9H13N5O. The van der Waals surface area contributed by atoms with Crippen molar-refractivity contribution in [3.63, 3.8) is 0 Å². The molecule has 0 aliphatic rings. The van der Waals surface area contributed by atoms with E-state index < -0.39 is 5.54 Å². The molecule has 0 saturated carbocycles. The summed E-state index contributed by atoms with van der Waals surface area (Å²) in [5, 5.41) is 3.86. The molecule has 15 heavy (non-hydrogen) atoms. The second-order valence-corrected chi connectivity index (χ2v) is 4.03. The Labute approximate surface area is 87.1 Å². The summed E-state index contributed by atoms with van der Waals surface area (Å²) in [6.45, 7) is 3.63. The van der Waals surface area contributed by atoms with Gasteiger partial charge in [-0.2, -0.15) is 4.98 Å². The molecule has 0 bridgehead atoms. The monoisotopic (exact) mass is 207 g/mol. The summed E-state index contributed by atoms with van der Waals surface area (Å²) in [5.41, 5.74) is 6.02. The van der Waals surface area contributed by atoms with Gasteiger partial charge in [0.1, 0.15) is 5.69 Å². The Bertz CT molecular complexity index is 465. The van der Waals surface area contributed by atoms with Crippen LogP contribution in [0.1, 0.15) is 19.7 Å². The largest absolute Gasteiger partial charge is 0.337 e. The van der Waals surface area contributed by atoms with Gasteiger partial charge in [0.05, 0.1) is 18.1 Å². The Kier molecular flexibility index (Phi) is 2.08. The van der Waals surface area contributed by atoms with Gasteiger partial charge in [0, 0.05) is 7.05 Å². The minimum absolute atomic E-state index is 0.415. The highest BCUT2D eigenvalue weighted by Crippen LogP contribution is 2.19. The molecule has 0 aliphatic heterocycles. The van der Waals surface area contributed by atoms with E-state index in [4.69, 9.17) is 10.3 Å². The highest BCUT2D eigenvalue weighted by atomic mass is 16.5. The lowest BCUT2D eigenvalue weighted by Crippen LogP contribution is -2.29. The average molecular weight is 207 g/mol. The molecule has 2 aromatic rings. The van der Waals surface area contributed by atoms with E-state index in [-0.39, 0.29) is 0 Å². The van der Waals surface area contributed by atoms with Gasteiger partial charge in [-0.25, -0.2) is 4.98 Å². The first kappa shape index (κ1) is 9.85. The van der Waals surface area contributed by atoms with Gasteiger partial charge < -0.3 is 14.8 Å². The molecular weight excluding hydrogens is 194 g/mol. The molecule has 6 nitrogen and oxygen atoms in total. The van der Waals surface area contributed by atoms with Gasteiger partial charge in [-0.3, -0.25) is 0 Å². The Morgan fingerprint density at radius 1 is 1.47 bits per heavy atom. The second-order valence-electron chi connectivity index (χ2n) is 4.03. The molecule has 6 heteroatoms. The minimum Gasteiger partial charge on any atom is -0.337 e. The van der Waals surface area contributed by atoms with Crippen LogP contribution in [0.5, 0.6) is 0 Å². The maximum absolute atomic E-state index is 5.84. The van der Waals surface area contributed by atoms with Crippen molar-refractivity contribution >= 4 is 0 Å². The fourth-order valence-corrected chi connectivity index (χ4v) is 1.16. The van der Waals surface area contributed by atoms with Crippen LogP contribution in [-0.4, -0.2) is 19.7 Å². The number of aromatic nitrogens is 4. The number of imidazole rings is 1. The summed E-state index contributed by atoms with van der Waals surface area (Å²) in [6.07, 6.45) is 3.36. The molecule has 0 aliphatic carbocycles. The molecule has 0 unspecified atom stereocenters. The molecule has 0 saturated heterocycles. The smallest absolute Gasteiger partial charge is 0.246 e. The second kappa shape index (κ2) is 3.16. The van der Waals surface area contributed by atoms with Crippen LogP contribution in [0.2, 0.25) is 0 Å². The van der Waals surface area contributed by atoms with Crippen molar-refractivity contribution in [2.24, 2.45) is 12.8 Å². The summed E-state index contributed by atoms with van der Waals surface area (Å²) in [4.78, 5) is 8.20. The first-order valence-electron chi connectivity index (χ1n) is 4.58. The molecule has 0 spiro atoms. The Morgan fingerprint density at radius 3 is 2.67 bits per heavy atom. The van der Waals surface area contributed by atoms with Gasteiger partial charge in [0.2, 0.25) is 11.7 Å². The van der Waals surface area contributed by atoms with E-state index in [1.165, 1.54) is 0 Å². The molecule has 80 valence electrons. The van der Waals surface area contributed by atoms with Gasteiger partial charge in [-0.1, -0.05) is 5.16 Å². The third-order valence-electron chi connectivity index (χ3n) is 2.02. The number of nitrogens with zero attached hydrogens (tertiary/aromatic N) is 4. The first-order chi connectivity index (χ1) is 6.98. The zero-order valence-electron chi connectivity index (χ0n) is 8.93. The Morgan fingerprint density at radius 2 is 2.20 bits per heavy atom. The Balaban J connectivity index is 2.41. The average Bonchev–Trinajstić information content (AvgIpc) is 2.69. The minimum atomic E-state index is -0.621. The molecule has 2 aromatic heterocycles. The van der Waals surface area contributed by atoms with E-state index >= 15 is 0 Å². The van der Waals surface area contributed by atoms with E-state index in [0.717, 1.165) is 5.69 Å². The van der Waals surface area contributed by atoms with Crippen molar-refractivity contribution in [2.45, 2.75) is 19.4 Å². The normalized spacial score (nSPS) is 12.0. The first-order valence-corrected chi connectivity index (χ1v) is 4.58. The summed E-state index contributed by atoms with van der Waals surface area (Å²) < 4.78 is 6.90. The number of hydrogen-bond acceptors (Lipinski definition) is 5. The third-order valence-corrected chi connectivity index (χ3v) is 2.02. The molecule has 2 N–H and O–H groups in total. The molecule has 2 rings (SSSR count). The summed E-state index contributed by atoms with van der Waals surface area (Å²) >= 11 is 0. The Hall–Kier alpha value is -1.69. The standard InChI is InChI=1S/C9H13N5O/c1-9(2,10)8-12-7(13-15-8)6-4-11-5-14(6)3/h4-5H,10H2,1-3H3. The number of hydrogen-bond donors (Lipinski definition) is 1. The van der Waals surface area contributed by atoms with Crippen LogP contribution in [0.25, 0.3) is 11.5 Å². The lowest BCUT2D eigenvalue weighted by molar-refractivity contribution is 0.312. The van der Waals surface area contributed by atoms with Crippen LogP contribution in [0, 0.1) is 0 Å². The SMILES string of the molecule is Cn1cncc1-c1noc(C(C)(C)N)n1. The predicted molar refractivity (Wildman–Crippen MR) is 53.7 cm³/mol. The fraction of sp³-hybridized carbons (Fsp3) is 0.444. The van der Waals surface area contributed by atoms with Gasteiger partial charge in [0.25, 0.3) is 0 Å². The molecule has 0 fully saturated rings. The number of rotatable bonds is 2. The van der Waals surface area contributed by atoms with Crippen molar-refractivity contribution in [1.29, 1.82) is 0 Å². The van der Waals surface area contributed by atoms with Crippen LogP contribution in [0.4, 0.5) is 0 Å². The quantitative estimate of drug-likeness (QED) is 0.782. The predicted octanol–water partition coefficient (Wildman–Crippen LogP) is 0.664. The fourth-order valence-electron chi connectivity index (χ4n) is 1.16. The molecule has 0 atom stereocenters. The van der Waals surface area contributed by atoms with Crippen molar-refractivity contribution < 1.29 is 4.52 Å². The molecule has 0 aromatic carbocycles. The van der Waals surface area contributed by atoms with Crippen molar-refractivity contribution in [3.8, 4) is 11.5 Å². The van der Waals surface area contributed by atoms with Gasteiger partial charge >= 0.3 is 0 Å². The van der Waals surface area contributed by atoms with Crippen LogP contribution in [0.15, 0.2) is 17.0 Å². The van der Waals surface area contributed by atoms with E-state index in [0.29, 0.717) is 11.7 Å².